The van der Waals surface area contributed by atoms with Crippen molar-refractivity contribution in [1.82, 2.24) is 19.6 Å². The van der Waals surface area contributed by atoms with Crippen molar-refractivity contribution in [3.05, 3.63) is 69.2 Å². The van der Waals surface area contributed by atoms with Crippen molar-refractivity contribution < 1.29 is 4.79 Å². The van der Waals surface area contributed by atoms with Gasteiger partial charge in [-0.3, -0.25) is 9.59 Å². The van der Waals surface area contributed by atoms with Gasteiger partial charge in [0, 0.05) is 28.6 Å². The number of nitrogens with zero attached hydrogens (tertiary/aromatic N) is 4. The average molecular weight is 388 g/mol. The van der Waals surface area contributed by atoms with E-state index < -0.39 is 0 Å². The van der Waals surface area contributed by atoms with Crippen molar-refractivity contribution in [2.45, 2.75) is 13.5 Å². The van der Waals surface area contributed by atoms with Crippen LogP contribution in [0, 0.1) is 6.92 Å². The van der Waals surface area contributed by atoms with Crippen molar-refractivity contribution in [3.63, 3.8) is 0 Å². The van der Waals surface area contributed by atoms with Crippen LogP contribution in [-0.4, -0.2) is 25.5 Å². The smallest absolute Gasteiger partial charge is 0.267 e. The zero-order chi connectivity index (χ0) is 17.1. The van der Waals surface area contributed by atoms with E-state index >= 15 is 0 Å². The molecule has 0 atom stereocenters. The first-order valence-corrected chi connectivity index (χ1v) is 7.96. The van der Waals surface area contributed by atoms with E-state index in [1.807, 2.05) is 19.1 Å². The number of nitrogens with one attached hydrogen (secondary N) is 1. The Bertz CT molecular complexity index is 934. The molecule has 7 nitrogen and oxygen atoms in total. The van der Waals surface area contributed by atoms with E-state index in [0.29, 0.717) is 11.5 Å². The highest BCUT2D eigenvalue weighted by Gasteiger charge is 2.09. The molecule has 0 saturated carbocycles. The Morgan fingerprint density at radius 3 is 2.83 bits per heavy atom. The Balaban J connectivity index is 1.77. The van der Waals surface area contributed by atoms with Gasteiger partial charge in [0.25, 0.3) is 5.56 Å². The Labute approximate surface area is 146 Å². The molecule has 3 aromatic rings. The van der Waals surface area contributed by atoms with Gasteiger partial charge in [0.2, 0.25) is 5.91 Å². The molecule has 0 spiro atoms. The van der Waals surface area contributed by atoms with Gasteiger partial charge in [0.15, 0.2) is 5.82 Å². The van der Waals surface area contributed by atoms with Crippen LogP contribution in [0.5, 0.6) is 0 Å². The second-order valence-corrected chi connectivity index (χ2v) is 6.00. The molecule has 2 aromatic heterocycles. The zero-order valence-corrected chi connectivity index (χ0v) is 14.4. The van der Waals surface area contributed by atoms with Gasteiger partial charge in [-0.25, -0.2) is 9.36 Å². The molecular formula is C16H14BrN5O2. The Kier molecular flexibility index (Phi) is 4.57. The Hall–Kier alpha value is -2.74. The minimum absolute atomic E-state index is 0.178. The Morgan fingerprint density at radius 2 is 2.12 bits per heavy atom. The first kappa shape index (κ1) is 16.1. The lowest BCUT2D eigenvalue weighted by Crippen LogP contribution is -2.30. The third-order valence-corrected chi connectivity index (χ3v) is 4.22. The second kappa shape index (κ2) is 6.79. The van der Waals surface area contributed by atoms with Gasteiger partial charge >= 0.3 is 0 Å². The van der Waals surface area contributed by atoms with Crippen molar-refractivity contribution in [2.75, 3.05) is 5.32 Å². The molecule has 0 aliphatic heterocycles. The minimum atomic E-state index is -0.354. The summed E-state index contributed by atoms with van der Waals surface area (Å²) in [5, 5.41) is 11.0. The zero-order valence-electron chi connectivity index (χ0n) is 12.8. The van der Waals surface area contributed by atoms with E-state index in [4.69, 9.17) is 0 Å². The highest BCUT2D eigenvalue weighted by atomic mass is 79.9. The molecule has 3 rings (SSSR count). The number of rotatable bonds is 4. The van der Waals surface area contributed by atoms with Gasteiger partial charge in [-0.05, 0) is 42.8 Å². The van der Waals surface area contributed by atoms with E-state index in [-0.39, 0.29) is 18.0 Å². The van der Waals surface area contributed by atoms with E-state index in [1.165, 1.54) is 10.7 Å². The average Bonchev–Trinajstić information content (AvgIpc) is 3.07. The van der Waals surface area contributed by atoms with E-state index in [2.05, 4.69) is 31.4 Å². The Morgan fingerprint density at radius 1 is 1.29 bits per heavy atom. The van der Waals surface area contributed by atoms with Crippen LogP contribution in [0.2, 0.25) is 0 Å². The molecule has 0 aliphatic rings. The number of halogens is 1. The molecule has 8 heteroatoms. The fourth-order valence-electron chi connectivity index (χ4n) is 2.14. The summed E-state index contributed by atoms with van der Waals surface area (Å²) in [4.78, 5) is 24.1. The summed E-state index contributed by atoms with van der Waals surface area (Å²) in [5.74, 6) is 0.135. The SMILES string of the molecule is Cc1cc(NC(=O)Cn2nc(-n3cccn3)ccc2=O)ccc1Br. The number of hydrogen-bond donors (Lipinski definition) is 1. The summed E-state index contributed by atoms with van der Waals surface area (Å²) in [6, 6.07) is 10.2. The maximum absolute atomic E-state index is 12.2. The summed E-state index contributed by atoms with van der Waals surface area (Å²) in [6.07, 6.45) is 3.32. The third-order valence-electron chi connectivity index (χ3n) is 3.33. The molecule has 1 aromatic carbocycles. The lowest BCUT2D eigenvalue weighted by molar-refractivity contribution is -0.117. The largest absolute Gasteiger partial charge is 0.324 e. The number of carbonyl (C=O) groups is 1. The molecule has 0 radical (unpaired) electrons. The standard InChI is InChI=1S/C16H14BrN5O2/c1-11-9-12(3-4-13(11)17)19-15(23)10-22-16(24)6-5-14(20-22)21-8-2-7-18-21/h2-9H,10H2,1H3,(H,19,23). The number of anilines is 1. The van der Waals surface area contributed by atoms with Gasteiger partial charge < -0.3 is 5.32 Å². The number of hydrogen-bond acceptors (Lipinski definition) is 4. The minimum Gasteiger partial charge on any atom is -0.324 e. The lowest BCUT2D eigenvalue weighted by atomic mass is 10.2. The molecule has 1 N–H and O–H groups in total. The van der Waals surface area contributed by atoms with E-state index in [1.54, 1.807) is 30.6 Å². The number of carbonyl (C=O) groups excluding carboxylic acids is 1. The summed E-state index contributed by atoms with van der Waals surface area (Å²) in [5.41, 5.74) is 1.31. The predicted octanol–water partition coefficient (Wildman–Crippen LogP) is 2.14. The van der Waals surface area contributed by atoms with Crippen LogP contribution in [0.1, 0.15) is 5.56 Å². The molecule has 0 bridgehead atoms. The van der Waals surface area contributed by atoms with Crippen molar-refractivity contribution >= 4 is 27.5 Å². The number of aryl methyl sites for hydroxylation is 1. The molecule has 0 saturated heterocycles. The molecule has 0 unspecified atom stereocenters. The van der Waals surface area contributed by atoms with Crippen LogP contribution in [0.4, 0.5) is 5.69 Å². The third kappa shape index (κ3) is 3.60. The van der Waals surface area contributed by atoms with Gasteiger partial charge in [-0.1, -0.05) is 15.9 Å². The quantitative estimate of drug-likeness (QED) is 0.743. The van der Waals surface area contributed by atoms with Crippen LogP contribution in [0.3, 0.4) is 0 Å². The van der Waals surface area contributed by atoms with E-state index in [0.717, 1.165) is 14.7 Å². The van der Waals surface area contributed by atoms with Gasteiger partial charge in [-0.2, -0.15) is 5.10 Å². The summed E-state index contributed by atoms with van der Waals surface area (Å²) in [6.45, 7) is 1.75. The van der Waals surface area contributed by atoms with Gasteiger partial charge in [0.05, 0.1) is 0 Å². The molecular weight excluding hydrogens is 374 g/mol. The highest BCUT2D eigenvalue weighted by Crippen LogP contribution is 2.19. The fraction of sp³-hybridized carbons (Fsp3) is 0.125. The summed E-state index contributed by atoms with van der Waals surface area (Å²) in [7, 11) is 0. The number of amides is 1. The molecule has 24 heavy (non-hydrogen) atoms. The van der Waals surface area contributed by atoms with Crippen LogP contribution in [0.25, 0.3) is 5.82 Å². The molecule has 0 fully saturated rings. The summed E-state index contributed by atoms with van der Waals surface area (Å²) < 4.78 is 3.59. The van der Waals surface area contributed by atoms with Gasteiger partial charge in [-0.15, -0.1) is 5.10 Å². The van der Waals surface area contributed by atoms with Crippen LogP contribution in [-0.2, 0) is 11.3 Å². The number of benzene rings is 1. The maximum atomic E-state index is 12.2. The van der Waals surface area contributed by atoms with Crippen molar-refractivity contribution in [2.24, 2.45) is 0 Å². The van der Waals surface area contributed by atoms with Crippen molar-refractivity contribution in [3.8, 4) is 5.82 Å². The van der Waals surface area contributed by atoms with Crippen LogP contribution >= 0.6 is 15.9 Å². The predicted molar refractivity (Wildman–Crippen MR) is 93.1 cm³/mol. The maximum Gasteiger partial charge on any atom is 0.267 e. The first-order chi connectivity index (χ1) is 11.5. The molecule has 1 amide bonds. The topological polar surface area (TPSA) is 81.8 Å². The summed E-state index contributed by atoms with van der Waals surface area (Å²) >= 11 is 3.41. The molecule has 0 aliphatic carbocycles. The first-order valence-electron chi connectivity index (χ1n) is 7.17. The van der Waals surface area contributed by atoms with E-state index in [9.17, 15) is 9.59 Å². The highest BCUT2D eigenvalue weighted by molar-refractivity contribution is 9.10. The van der Waals surface area contributed by atoms with Crippen LogP contribution < -0.4 is 10.9 Å². The second-order valence-electron chi connectivity index (χ2n) is 5.15. The fourth-order valence-corrected chi connectivity index (χ4v) is 2.38. The van der Waals surface area contributed by atoms with Crippen molar-refractivity contribution in [1.29, 1.82) is 0 Å². The molecule has 122 valence electrons. The van der Waals surface area contributed by atoms with Gasteiger partial charge in [0.1, 0.15) is 6.54 Å². The lowest BCUT2D eigenvalue weighted by Gasteiger charge is -2.09. The normalized spacial score (nSPS) is 10.6. The molecule has 2 heterocycles. The van der Waals surface area contributed by atoms with Crippen LogP contribution in [0.15, 0.2) is 58.1 Å². The monoisotopic (exact) mass is 387 g/mol. The number of aromatic nitrogens is 4.